The SMILES string of the molecule is COc1ccc([C@H](Cc2c(Cl)c[n+](O)cc2Cl)c2c(CN(C(=O)O[C@H]3CN4CCC3CC4)c3ccc(O)cc3F)cccc2C(=O)[O-])cc1OC. The second-order valence-corrected chi connectivity index (χ2v) is 13.4. The lowest BCUT2D eigenvalue weighted by atomic mass is 9.80. The van der Waals surface area contributed by atoms with Crippen molar-refractivity contribution in [3.05, 3.63) is 111 Å². The summed E-state index contributed by atoms with van der Waals surface area (Å²) in [5, 5.41) is 33.1. The lowest BCUT2D eigenvalue weighted by Gasteiger charge is -2.44. The van der Waals surface area contributed by atoms with Crippen LogP contribution >= 0.6 is 23.2 Å². The molecule has 2 atom stereocenters. The first-order valence-corrected chi connectivity index (χ1v) is 17.1. The third-order valence-corrected chi connectivity index (χ3v) is 10.3. The Morgan fingerprint density at radius 2 is 1.75 bits per heavy atom. The number of aromatic hydroxyl groups is 1. The van der Waals surface area contributed by atoms with Gasteiger partial charge in [0.1, 0.15) is 21.9 Å². The van der Waals surface area contributed by atoms with Crippen molar-refractivity contribution in [2.45, 2.75) is 37.8 Å². The number of carboxylic acid groups (broad SMARTS) is 1. The number of hydrogen-bond acceptors (Lipinski definition) is 9. The van der Waals surface area contributed by atoms with E-state index in [-0.39, 0.29) is 51.5 Å². The molecule has 3 aliphatic heterocycles. The topological polar surface area (TPSA) is 136 Å². The van der Waals surface area contributed by atoms with Gasteiger partial charge in [-0.05, 0) is 79.2 Å². The quantitative estimate of drug-likeness (QED) is 0.154. The predicted molar refractivity (Wildman–Crippen MR) is 183 cm³/mol. The normalized spacial score (nSPS) is 18.6. The first-order chi connectivity index (χ1) is 24.5. The van der Waals surface area contributed by atoms with E-state index in [1.54, 1.807) is 24.3 Å². The van der Waals surface area contributed by atoms with Gasteiger partial charge in [-0.2, -0.15) is 0 Å². The fourth-order valence-electron chi connectivity index (χ4n) is 7.11. The zero-order chi connectivity index (χ0) is 36.4. The molecule has 4 aromatic rings. The van der Waals surface area contributed by atoms with Crippen molar-refractivity contribution in [2.75, 3.05) is 38.8 Å². The minimum absolute atomic E-state index is 0.0168. The fourth-order valence-corrected chi connectivity index (χ4v) is 7.71. The Hall–Kier alpha value is -4.78. The Bertz CT molecular complexity index is 1930. The Labute approximate surface area is 303 Å². The molecule has 51 heavy (non-hydrogen) atoms. The van der Waals surface area contributed by atoms with Crippen LogP contribution in [0.4, 0.5) is 14.9 Å². The highest BCUT2D eigenvalue weighted by Crippen LogP contribution is 2.41. The van der Waals surface area contributed by atoms with Gasteiger partial charge in [-0.3, -0.25) is 15.0 Å². The summed E-state index contributed by atoms with van der Waals surface area (Å²) in [5.41, 5.74) is 1.16. The van der Waals surface area contributed by atoms with E-state index in [1.165, 1.54) is 50.9 Å². The van der Waals surface area contributed by atoms with E-state index < -0.39 is 29.9 Å². The molecule has 3 aromatic carbocycles. The van der Waals surface area contributed by atoms with Gasteiger partial charge in [0.15, 0.2) is 17.3 Å². The highest BCUT2D eigenvalue weighted by molar-refractivity contribution is 6.35. The van der Waals surface area contributed by atoms with Gasteiger partial charge in [0.2, 0.25) is 12.4 Å². The molecule has 3 aliphatic rings. The summed E-state index contributed by atoms with van der Waals surface area (Å²) < 4.78 is 33.4. The molecule has 1 amide bonds. The number of phenols is 1. The first-order valence-electron chi connectivity index (χ1n) is 16.3. The molecule has 4 heterocycles. The van der Waals surface area contributed by atoms with Gasteiger partial charge < -0.3 is 29.2 Å². The molecule has 14 heteroatoms. The molecule has 0 saturated carbocycles. The van der Waals surface area contributed by atoms with E-state index >= 15 is 4.39 Å². The molecule has 7 rings (SSSR count). The number of piperidine rings is 3. The van der Waals surface area contributed by atoms with Crippen LogP contribution in [0.15, 0.2) is 67.0 Å². The summed E-state index contributed by atoms with van der Waals surface area (Å²) >= 11 is 13.2. The van der Waals surface area contributed by atoms with Crippen molar-refractivity contribution < 1.29 is 48.3 Å². The number of amides is 1. The predicted octanol–water partition coefficient (Wildman–Crippen LogP) is 5.36. The van der Waals surface area contributed by atoms with Crippen molar-refractivity contribution in [1.29, 1.82) is 0 Å². The number of carboxylic acids is 1. The summed E-state index contributed by atoms with van der Waals surface area (Å²) in [7, 11) is 2.95. The van der Waals surface area contributed by atoms with Crippen molar-refractivity contribution in [2.24, 2.45) is 5.92 Å². The number of aromatic nitrogens is 1. The molecule has 2 N–H and O–H groups in total. The average molecular weight is 741 g/mol. The van der Waals surface area contributed by atoms with Gasteiger partial charge in [0.05, 0.1) is 32.4 Å². The number of carbonyl (C=O) groups excluding carboxylic acids is 2. The first kappa shape index (κ1) is 36.0. The molecular weight excluding hydrogens is 704 g/mol. The maximum absolute atomic E-state index is 15.6. The molecular formula is C37H36Cl2FN3O8. The van der Waals surface area contributed by atoms with Crippen LogP contribution in [0.2, 0.25) is 10.0 Å². The summed E-state index contributed by atoms with van der Waals surface area (Å²) in [5.74, 6) is -2.59. The molecule has 0 radical (unpaired) electrons. The number of carbonyl (C=O) groups is 2. The Morgan fingerprint density at radius 1 is 1.04 bits per heavy atom. The van der Waals surface area contributed by atoms with Crippen LogP contribution in [0, 0.1) is 11.7 Å². The number of methoxy groups -OCH3 is 2. The third kappa shape index (κ3) is 7.63. The molecule has 268 valence electrons. The monoisotopic (exact) mass is 739 g/mol. The number of rotatable bonds is 11. The number of hydrogen-bond donors (Lipinski definition) is 2. The van der Waals surface area contributed by atoms with Crippen molar-refractivity contribution >= 4 is 41.0 Å². The van der Waals surface area contributed by atoms with E-state index in [1.807, 2.05) is 0 Å². The number of pyridine rings is 1. The van der Waals surface area contributed by atoms with E-state index in [4.69, 9.17) is 37.4 Å². The number of phenolic OH excluding ortho intramolecular Hbond substituents is 1. The van der Waals surface area contributed by atoms with Crippen LogP contribution in [0.3, 0.4) is 0 Å². The van der Waals surface area contributed by atoms with Gasteiger partial charge in [0.25, 0.3) is 0 Å². The van der Waals surface area contributed by atoms with Crippen LogP contribution in [-0.2, 0) is 17.7 Å². The van der Waals surface area contributed by atoms with E-state index in [0.29, 0.717) is 39.5 Å². The number of nitrogens with zero attached hydrogens (tertiary/aromatic N) is 3. The summed E-state index contributed by atoms with van der Waals surface area (Å²) in [4.78, 5) is 30.3. The minimum Gasteiger partial charge on any atom is -0.545 e. The molecule has 2 bridgehead atoms. The number of halogens is 3. The molecule has 3 saturated heterocycles. The van der Waals surface area contributed by atoms with Crippen molar-refractivity contribution in [3.8, 4) is 17.2 Å². The van der Waals surface area contributed by atoms with Crippen LogP contribution < -0.4 is 24.2 Å². The standard InChI is InChI=1S/C37H36Cl2FN3O8/c1-49-32-9-6-22(14-33(32)50-2)26(16-27-28(38)18-42(48)19-29(27)39)35-23(4-3-5-25(35)36(45)46)17-43(31-8-7-24(44)15-30(31)40)37(47)51-34-20-41-12-10-21(34)11-13-41/h3-9,14-15,18-19,21,26,34H,10-13,16-17,20H2,1-2H3,(H2-,44,45,46,48)/t26-,34-/m0/s1. The maximum atomic E-state index is 15.6. The maximum Gasteiger partial charge on any atom is 0.415 e. The Morgan fingerprint density at radius 3 is 2.35 bits per heavy atom. The highest BCUT2D eigenvalue weighted by Gasteiger charge is 2.38. The fraction of sp³-hybridized carbons (Fsp3) is 0.324. The van der Waals surface area contributed by atoms with Gasteiger partial charge >= 0.3 is 6.09 Å². The molecule has 11 nitrogen and oxygen atoms in total. The zero-order valence-electron chi connectivity index (χ0n) is 27.9. The number of fused-ring (bicyclic) bond motifs is 3. The highest BCUT2D eigenvalue weighted by atomic mass is 35.5. The second kappa shape index (κ2) is 15.2. The van der Waals surface area contributed by atoms with Crippen LogP contribution in [0.25, 0.3) is 0 Å². The number of aromatic carboxylic acids is 1. The van der Waals surface area contributed by atoms with E-state index in [9.17, 15) is 25.0 Å². The van der Waals surface area contributed by atoms with Crippen molar-refractivity contribution in [3.63, 3.8) is 0 Å². The molecule has 0 aliphatic carbocycles. The molecule has 1 aromatic heterocycles. The van der Waals surface area contributed by atoms with E-state index in [2.05, 4.69) is 4.90 Å². The molecule has 0 unspecified atom stereocenters. The van der Waals surface area contributed by atoms with Gasteiger partial charge in [-0.25, -0.2) is 9.18 Å². The van der Waals surface area contributed by atoms with Gasteiger partial charge in [-0.1, -0.05) is 47.5 Å². The number of benzene rings is 3. The largest absolute Gasteiger partial charge is 0.545 e. The molecule has 3 fully saturated rings. The minimum atomic E-state index is -1.49. The molecule has 0 spiro atoms. The lowest BCUT2D eigenvalue weighted by molar-refractivity contribution is -0.904. The number of ether oxygens (including phenoxy) is 3. The summed E-state index contributed by atoms with van der Waals surface area (Å²) in [6.45, 7) is 2.07. The lowest BCUT2D eigenvalue weighted by Crippen LogP contribution is -2.53. The average Bonchev–Trinajstić information content (AvgIpc) is 3.11. The van der Waals surface area contributed by atoms with Crippen molar-refractivity contribution in [1.82, 2.24) is 4.90 Å². The van der Waals surface area contributed by atoms with Gasteiger partial charge in [0, 0.05) is 34.4 Å². The number of anilines is 1. The van der Waals surface area contributed by atoms with Crippen LogP contribution in [0.5, 0.6) is 17.2 Å². The second-order valence-electron chi connectivity index (χ2n) is 12.6. The summed E-state index contributed by atoms with van der Waals surface area (Å²) in [6, 6.07) is 13.0. The smallest absolute Gasteiger partial charge is 0.415 e. The third-order valence-electron chi connectivity index (χ3n) is 9.67. The van der Waals surface area contributed by atoms with Crippen LogP contribution in [0.1, 0.15) is 51.4 Å². The van der Waals surface area contributed by atoms with Gasteiger partial charge in [-0.15, -0.1) is 0 Å². The summed E-state index contributed by atoms with van der Waals surface area (Å²) in [6.07, 6.45) is 3.03. The van der Waals surface area contributed by atoms with E-state index in [0.717, 1.165) is 36.9 Å². The van der Waals surface area contributed by atoms with Crippen LogP contribution in [-0.4, -0.2) is 67.2 Å². The Kier molecular flexibility index (Phi) is 10.8. The zero-order valence-corrected chi connectivity index (χ0v) is 29.4. The Balaban J connectivity index is 1.50.